The monoisotopic (exact) mass is 217 g/mol. The summed E-state index contributed by atoms with van der Waals surface area (Å²) in [5.74, 6) is 0.948. The molecule has 1 heterocycles. The number of benzene rings is 1. The van der Waals surface area contributed by atoms with E-state index in [-0.39, 0.29) is 6.10 Å². The fourth-order valence-electron chi connectivity index (χ4n) is 1.94. The van der Waals surface area contributed by atoms with Gasteiger partial charge in [0, 0.05) is 23.1 Å². The highest BCUT2D eigenvalue weighted by Crippen LogP contribution is 2.24. The lowest BCUT2D eigenvalue weighted by atomic mass is 10.2. The first-order chi connectivity index (χ1) is 7.58. The van der Waals surface area contributed by atoms with Crippen LogP contribution in [0.3, 0.4) is 0 Å². The third-order valence-electron chi connectivity index (χ3n) is 2.62. The van der Waals surface area contributed by atoms with Crippen molar-refractivity contribution in [3.63, 3.8) is 0 Å². The van der Waals surface area contributed by atoms with Crippen LogP contribution in [0.4, 0.5) is 0 Å². The van der Waals surface area contributed by atoms with Gasteiger partial charge < -0.3 is 9.30 Å². The van der Waals surface area contributed by atoms with Crippen molar-refractivity contribution >= 4 is 10.9 Å². The van der Waals surface area contributed by atoms with Crippen LogP contribution in [0.5, 0.6) is 5.75 Å². The summed E-state index contributed by atoms with van der Waals surface area (Å²) in [6.07, 6.45) is 2.36. The van der Waals surface area contributed by atoms with Gasteiger partial charge in [0.05, 0.1) is 6.10 Å². The molecule has 0 atom stereocenters. The Kier molecular flexibility index (Phi) is 2.90. The van der Waals surface area contributed by atoms with E-state index in [1.54, 1.807) is 0 Å². The number of ether oxygens (including phenoxy) is 1. The van der Waals surface area contributed by atoms with Crippen LogP contribution in [0, 0.1) is 0 Å². The number of hydrogen-bond donors (Lipinski definition) is 0. The molecule has 0 aliphatic heterocycles. The van der Waals surface area contributed by atoms with E-state index < -0.39 is 0 Å². The van der Waals surface area contributed by atoms with Crippen LogP contribution in [-0.4, -0.2) is 10.7 Å². The zero-order valence-corrected chi connectivity index (χ0v) is 10.4. The minimum atomic E-state index is 0.227. The van der Waals surface area contributed by atoms with Crippen LogP contribution in [0.25, 0.3) is 10.9 Å². The van der Waals surface area contributed by atoms with E-state index in [1.165, 1.54) is 10.9 Å². The topological polar surface area (TPSA) is 14.2 Å². The Morgan fingerprint density at radius 2 is 1.81 bits per heavy atom. The van der Waals surface area contributed by atoms with Crippen molar-refractivity contribution in [1.82, 2.24) is 4.57 Å². The van der Waals surface area contributed by atoms with Crippen LogP contribution < -0.4 is 4.74 Å². The number of aromatic nitrogens is 1. The average molecular weight is 217 g/mol. The molecule has 16 heavy (non-hydrogen) atoms. The maximum Gasteiger partial charge on any atom is 0.120 e. The quantitative estimate of drug-likeness (QED) is 0.757. The SMILES string of the molecule is CC(C)Oc1ccc2c(ccn2C(C)C)c1. The van der Waals surface area contributed by atoms with E-state index in [0.29, 0.717) is 6.04 Å². The fourth-order valence-corrected chi connectivity index (χ4v) is 1.94. The summed E-state index contributed by atoms with van der Waals surface area (Å²) in [5, 5.41) is 1.24. The van der Waals surface area contributed by atoms with Crippen LogP contribution in [-0.2, 0) is 0 Å². The second kappa shape index (κ2) is 4.20. The molecule has 0 aliphatic rings. The Labute approximate surface area is 96.8 Å². The van der Waals surface area contributed by atoms with E-state index in [2.05, 4.69) is 42.8 Å². The predicted octanol–water partition coefficient (Wildman–Crippen LogP) is 4.01. The molecule has 0 amide bonds. The number of fused-ring (bicyclic) bond motifs is 1. The van der Waals surface area contributed by atoms with Crippen molar-refractivity contribution in [3.05, 3.63) is 30.5 Å². The summed E-state index contributed by atoms with van der Waals surface area (Å²) in [4.78, 5) is 0. The van der Waals surface area contributed by atoms with E-state index in [4.69, 9.17) is 4.74 Å². The zero-order valence-electron chi connectivity index (χ0n) is 10.4. The molecule has 0 radical (unpaired) electrons. The van der Waals surface area contributed by atoms with Gasteiger partial charge in [0.15, 0.2) is 0 Å². The Morgan fingerprint density at radius 1 is 1.06 bits per heavy atom. The second-order valence-corrected chi connectivity index (χ2v) is 4.70. The van der Waals surface area contributed by atoms with Gasteiger partial charge in [-0.3, -0.25) is 0 Å². The van der Waals surface area contributed by atoms with E-state index in [0.717, 1.165) is 5.75 Å². The fraction of sp³-hybridized carbons (Fsp3) is 0.429. The smallest absolute Gasteiger partial charge is 0.120 e. The van der Waals surface area contributed by atoms with E-state index >= 15 is 0 Å². The molecule has 0 N–H and O–H groups in total. The van der Waals surface area contributed by atoms with Crippen molar-refractivity contribution in [3.8, 4) is 5.75 Å². The molecular formula is C14H19NO. The zero-order chi connectivity index (χ0) is 11.7. The molecule has 86 valence electrons. The molecular weight excluding hydrogens is 198 g/mol. The maximum absolute atomic E-state index is 5.68. The second-order valence-electron chi connectivity index (χ2n) is 4.70. The van der Waals surface area contributed by atoms with Gasteiger partial charge in [0.2, 0.25) is 0 Å². The number of hydrogen-bond acceptors (Lipinski definition) is 1. The summed E-state index contributed by atoms with van der Waals surface area (Å²) in [6, 6.07) is 8.92. The third kappa shape index (κ3) is 2.06. The Balaban J connectivity index is 2.41. The Morgan fingerprint density at radius 3 is 2.44 bits per heavy atom. The largest absolute Gasteiger partial charge is 0.491 e. The molecule has 0 fully saturated rings. The number of rotatable bonds is 3. The van der Waals surface area contributed by atoms with Crippen LogP contribution >= 0.6 is 0 Å². The lowest BCUT2D eigenvalue weighted by Crippen LogP contribution is -2.05. The minimum absolute atomic E-state index is 0.227. The van der Waals surface area contributed by atoms with Gasteiger partial charge in [0.1, 0.15) is 5.75 Å². The van der Waals surface area contributed by atoms with Gasteiger partial charge in [-0.2, -0.15) is 0 Å². The highest BCUT2D eigenvalue weighted by molar-refractivity contribution is 5.81. The molecule has 0 spiro atoms. The molecule has 0 aliphatic carbocycles. The molecule has 2 aromatic rings. The molecule has 0 bridgehead atoms. The van der Waals surface area contributed by atoms with Crippen molar-refractivity contribution in [2.45, 2.75) is 39.8 Å². The van der Waals surface area contributed by atoms with E-state index in [9.17, 15) is 0 Å². The molecule has 0 saturated heterocycles. The Hall–Kier alpha value is -1.44. The normalized spacial score (nSPS) is 11.6. The van der Waals surface area contributed by atoms with Crippen LogP contribution in [0.2, 0.25) is 0 Å². The standard InChI is InChI=1S/C14H19NO/c1-10(2)15-8-7-12-9-13(16-11(3)4)5-6-14(12)15/h5-11H,1-4H3. The molecule has 2 nitrogen and oxygen atoms in total. The summed E-state index contributed by atoms with van der Waals surface area (Å²) >= 11 is 0. The maximum atomic E-state index is 5.68. The lowest BCUT2D eigenvalue weighted by Gasteiger charge is -2.11. The van der Waals surface area contributed by atoms with Gasteiger partial charge >= 0.3 is 0 Å². The number of nitrogens with zero attached hydrogens (tertiary/aromatic N) is 1. The summed E-state index contributed by atoms with van der Waals surface area (Å²) in [6.45, 7) is 8.48. The third-order valence-corrected chi connectivity index (χ3v) is 2.62. The van der Waals surface area contributed by atoms with Gasteiger partial charge in [-0.05, 0) is 52.0 Å². The van der Waals surface area contributed by atoms with Crippen LogP contribution in [0.1, 0.15) is 33.7 Å². The average Bonchev–Trinajstić information content (AvgIpc) is 2.59. The van der Waals surface area contributed by atoms with Crippen molar-refractivity contribution in [1.29, 1.82) is 0 Å². The Bertz CT molecular complexity index is 482. The first kappa shape index (κ1) is 11.1. The van der Waals surface area contributed by atoms with Gasteiger partial charge in [0.25, 0.3) is 0 Å². The van der Waals surface area contributed by atoms with Gasteiger partial charge in [-0.15, -0.1) is 0 Å². The first-order valence-electron chi connectivity index (χ1n) is 5.85. The molecule has 2 rings (SSSR count). The highest BCUT2D eigenvalue weighted by Gasteiger charge is 2.05. The minimum Gasteiger partial charge on any atom is -0.491 e. The highest BCUT2D eigenvalue weighted by atomic mass is 16.5. The first-order valence-corrected chi connectivity index (χ1v) is 5.85. The van der Waals surface area contributed by atoms with Crippen molar-refractivity contribution < 1.29 is 4.74 Å². The van der Waals surface area contributed by atoms with Crippen molar-refractivity contribution in [2.75, 3.05) is 0 Å². The molecule has 2 heteroatoms. The molecule has 0 unspecified atom stereocenters. The molecule has 1 aromatic carbocycles. The molecule has 0 saturated carbocycles. The van der Waals surface area contributed by atoms with Gasteiger partial charge in [-0.1, -0.05) is 0 Å². The lowest BCUT2D eigenvalue weighted by molar-refractivity contribution is 0.243. The summed E-state index contributed by atoms with van der Waals surface area (Å²) in [7, 11) is 0. The summed E-state index contributed by atoms with van der Waals surface area (Å²) < 4.78 is 7.96. The van der Waals surface area contributed by atoms with Gasteiger partial charge in [-0.25, -0.2) is 0 Å². The van der Waals surface area contributed by atoms with Crippen molar-refractivity contribution in [2.24, 2.45) is 0 Å². The molecule has 1 aromatic heterocycles. The predicted molar refractivity (Wildman–Crippen MR) is 68.1 cm³/mol. The summed E-state index contributed by atoms with van der Waals surface area (Å²) in [5.41, 5.74) is 1.27. The van der Waals surface area contributed by atoms with E-state index in [1.807, 2.05) is 19.9 Å². The van der Waals surface area contributed by atoms with Crippen LogP contribution in [0.15, 0.2) is 30.5 Å².